The highest BCUT2D eigenvalue weighted by molar-refractivity contribution is 6.30. The van der Waals surface area contributed by atoms with Crippen LogP contribution in [-0.4, -0.2) is 19.2 Å². The van der Waals surface area contributed by atoms with Crippen molar-refractivity contribution in [1.29, 1.82) is 0 Å². The molecule has 1 atom stereocenters. The molecule has 0 amide bonds. The molecule has 1 rings (SSSR count). The second kappa shape index (κ2) is 7.16. The van der Waals surface area contributed by atoms with Crippen molar-refractivity contribution in [2.75, 3.05) is 13.7 Å². The van der Waals surface area contributed by atoms with E-state index in [2.05, 4.69) is 33.0 Å². The van der Waals surface area contributed by atoms with E-state index in [4.69, 9.17) is 16.3 Å². The van der Waals surface area contributed by atoms with Crippen LogP contribution in [0, 0.1) is 5.92 Å². The Bertz CT molecular complexity index is 398. The Balaban J connectivity index is 2.50. The molecule has 1 aromatic carbocycles. The maximum Gasteiger partial charge on any atom is 0.122 e. The van der Waals surface area contributed by atoms with Gasteiger partial charge in [-0.05, 0) is 69.8 Å². The molecule has 0 saturated carbocycles. The van der Waals surface area contributed by atoms with Gasteiger partial charge < -0.3 is 10.1 Å². The molecule has 0 aliphatic heterocycles. The van der Waals surface area contributed by atoms with E-state index in [0.717, 1.165) is 30.2 Å². The molecule has 1 N–H and O–H groups in total. The van der Waals surface area contributed by atoms with Crippen LogP contribution in [0.5, 0.6) is 5.75 Å². The highest BCUT2D eigenvalue weighted by Gasteiger charge is 2.12. The smallest absolute Gasteiger partial charge is 0.122 e. The third-order valence-corrected chi connectivity index (χ3v) is 3.36. The third kappa shape index (κ3) is 6.31. The largest absolute Gasteiger partial charge is 0.496 e. The van der Waals surface area contributed by atoms with Crippen molar-refractivity contribution in [2.45, 2.75) is 46.1 Å². The van der Waals surface area contributed by atoms with E-state index in [0.29, 0.717) is 5.92 Å². The van der Waals surface area contributed by atoms with Gasteiger partial charge in [0.25, 0.3) is 0 Å². The highest BCUT2D eigenvalue weighted by atomic mass is 35.5. The van der Waals surface area contributed by atoms with E-state index in [-0.39, 0.29) is 5.54 Å². The van der Waals surface area contributed by atoms with Gasteiger partial charge in [-0.25, -0.2) is 0 Å². The van der Waals surface area contributed by atoms with Crippen LogP contribution in [0.1, 0.15) is 39.7 Å². The van der Waals surface area contributed by atoms with Crippen LogP contribution in [0.2, 0.25) is 5.02 Å². The second-order valence-corrected chi connectivity index (χ2v) is 6.67. The van der Waals surface area contributed by atoms with Crippen LogP contribution in [0.25, 0.3) is 0 Å². The quantitative estimate of drug-likeness (QED) is 0.840. The molecule has 2 nitrogen and oxygen atoms in total. The second-order valence-electron chi connectivity index (χ2n) is 6.23. The minimum absolute atomic E-state index is 0.183. The molecular weight excluding hydrogens is 258 g/mol. The predicted molar refractivity (Wildman–Crippen MR) is 83.2 cm³/mol. The van der Waals surface area contributed by atoms with Gasteiger partial charge in [0.05, 0.1) is 7.11 Å². The molecule has 1 aromatic rings. The van der Waals surface area contributed by atoms with Crippen molar-refractivity contribution in [2.24, 2.45) is 5.92 Å². The molecular formula is C16H26ClNO. The van der Waals surface area contributed by atoms with E-state index in [1.165, 1.54) is 5.56 Å². The topological polar surface area (TPSA) is 21.3 Å². The van der Waals surface area contributed by atoms with Crippen LogP contribution < -0.4 is 10.1 Å². The van der Waals surface area contributed by atoms with Crippen molar-refractivity contribution < 1.29 is 4.74 Å². The lowest BCUT2D eigenvalue weighted by atomic mass is 9.99. The van der Waals surface area contributed by atoms with E-state index in [1.807, 2.05) is 18.2 Å². The number of halogens is 1. The highest BCUT2D eigenvalue weighted by Crippen LogP contribution is 2.24. The van der Waals surface area contributed by atoms with Crippen LogP contribution in [0.4, 0.5) is 0 Å². The fourth-order valence-electron chi connectivity index (χ4n) is 1.93. The zero-order chi connectivity index (χ0) is 14.5. The van der Waals surface area contributed by atoms with Gasteiger partial charge in [0.1, 0.15) is 5.75 Å². The molecule has 0 aliphatic carbocycles. The summed E-state index contributed by atoms with van der Waals surface area (Å²) in [5.41, 5.74) is 1.37. The summed E-state index contributed by atoms with van der Waals surface area (Å²) < 4.78 is 5.37. The number of rotatable bonds is 6. The fraction of sp³-hybridized carbons (Fsp3) is 0.625. The molecule has 0 bridgehead atoms. The van der Waals surface area contributed by atoms with Crippen molar-refractivity contribution in [3.05, 3.63) is 28.8 Å². The Labute approximate surface area is 122 Å². The SMILES string of the molecule is COc1ccc(Cl)cc1CCC(C)CNC(C)(C)C. The third-order valence-electron chi connectivity index (χ3n) is 3.13. The molecule has 0 aromatic heterocycles. The Morgan fingerprint density at radius 3 is 2.58 bits per heavy atom. The van der Waals surface area contributed by atoms with Gasteiger partial charge >= 0.3 is 0 Å². The molecule has 0 radical (unpaired) electrons. The molecule has 108 valence electrons. The predicted octanol–water partition coefficient (Wildman–Crippen LogP) is 4.31. The molecule has 0 aliphatic rings. The van der Waals surface area contributed by atoms with Gasteiger partial charge in [0.15, 0.2) is 0 Å². The van der Waals surface area contributed by atoms with E-state index in [1.54, 1.807) is 7.11 Å². The summed E-state index contributed by atoms with van der Waals surface area (Å²) in [6.45, 7) is 9.89. The van der Waals surface area contributed by atoms with E-state index < -0.39 is 0 Å². The number of benzene rings is 1. The van der Waals surface area contributed by atoms with Gasteiger partial charge in [-0.15, -0.1) is 0 Å². The van der Waals surface area contributed by atoms with Gasteiger partial charge in [0.2, 0.25) is 0 Å². The van der Waals surface area contributed by atoms with Crippen LogP contribution in [0.3, 0.4) is 0 Å². The average Bonchev–Trinajstić information content (AvgIpc) is 2.33. The zero-order valence-electron chi connectivity index (χ0n) is 12.7. The number of ether oxygens (including phenoxy) is 1. The monoisotopic (exact) mass is 283 g/mol. The maximum absolute atomic E-state index is 6.04. The van der Waals surface area contributed by atoms with Crippen LogP contribution in [0.15, 0.2) is 18.2 Å². The summed E-state index contributed by atoms with van der Waals surface area (Å²) in [6, 6.07) is 5.81. The summed E-state index contributed by atoms with van der Waals surface area (Å²) in [7, 11) is 1.71. The molecule has 0 saturated heterocycles. The number of hydrogen-bond acceptors (Lipinski definition) is 2. The number of aryl methyl sites for hydroxylation is 1. The first-order valence-electron chi connectivity index (χ1n) is 6.89. The normalized spacial score (nSPS) is 13.4. The Morgan fingerprint density at radius 2 is 2.00 bits per heavy atom. The fourth-order valence-corrected chi connectivity index (χ4v) is 2.12. The summed E-state index contributed by atoms with van der Waals surface area (Å²) >= 11 is 6.04. The Hall–Kier alpha value is -0.730. The lowest BCUT2D eigenvalue weighted by Crippen LogP contribution is -2.38. The molecule has 0 heterocycles. The molecule has 3 heteroatoms. The minimum Gasteiger partial charge on any atom is -0.496 e. The van der Waals surface area contributed by atoms with Crippen molar-refractivity contribution in [1.82, 2.24) is 5.32 Å². The molecule has 0 spiro atoms. The van der Waals surface area contributed by atoms with E-state index in [9.17, 15) is 0 Å². The van der Waals surface area contributed by atoms with Crippen LogP contribution in [-0.2, 0) is 6.42 Å². The first-order chi connectivity index (χ1) is 8.81. The summed E-state index contributed by atoms with van der Waals surface area (Å²) in [6.07, 6.45) is 2.12. The maximum atomic E-state index is 6.04. The summed E-state index contributed by atoms with van der Waals surface area (Å²) in [5.74, 6) is 1.56. The number of nitrogens with one attached hydrogen (secondary N) is 1. The lowest BCUT2D eigenvalue weighted by molar-refractivity contribution is 0.369. The zero-order valence-corrected chi connectivity index (χ0v) is 13.5. The van der Waals surface area contributed by atoms with Gasteiger partial charge in [-0.2, -0.15) is 0 Å². The number of hydrogen-bond donors (Lipinski definition) is 1. The van der Waals surface area contributed by atoms with E-state index >= 15 is 0 Å². The first kappa shape index (κ1) is 16.3. The molecule has 1 unspecified atom stereocenters. The van der Waals surface area contributed by atoms with Gasteiger partial charge in [-0.1, -0.05) is 18.5 Å². The standard InChI is InChI=1S/C16H26ClNO/c1-12(11-18-16(2,3)4)6-7-13-10-14(17)8-9-15(13)19-5/h8-10,12,18H,6-7,11H2,1-5H3. The van der Waals surface area contributed by atoms with Gasteiger partial charge in [0, 0.05) is 10.6 Å². The summed E-state index contributed by atoms with van der Waals surface area (Å²) in [4.78, 5) is 0. The van der Waals surface area contributed by atoms with Crippen molar-refractivity contribution in [3.8, 4) is 5.75 Å². The van der Waals surface area contributed by atoms with Gasteiger partial charge in [-0.3, -0.25) is 0 Å². The Kier molecular flexibility index (Phi) is 6.15. The number of methoxy groups -OCH3 is 1. The van der Waals surface area contributed by atoms with Crippen molar-refractivity contribution >= 4 is 11.6 Å². The average molecular weight is 284 g/mol. The Morgan fingerprint density at radius 1 is 1.32 bits per heavy atom. The minimum atomic E-state index is 0.183. The van der Waals surface area contributed by atoms with Crippen molar-refractivity contribution in [3.63, 3.8) is 0 Å². The first-order valence-corrected chi connectivity index (χ1v) is 7.27. The lowest BCUT2D eigenvalue weighted by Gasteiger charge is -2.23. The summed E-state index contributed by atoms with van der Waals surface area (Å²) in [5, 5.41) is 4.31. The molecule has 19 heavy (non-hydrogen) atoms. The molecule has 0 fully saturated rings. The van der Waals surface area contributed by atoms with Crippen LogP contribution >= 0.6 is 11.6 Å².